The van der Waals surface area contributed by atoms with E-state index < -0.39 is 0 Å². The first-order valence-corrected chi connectivity index (χ1v) is 4.73. The van der Waals surface area contributed by atoms with Gasteiger partial charge in [-0.25, -0.2) is 0 Å². The summed E-state index contributed by atoms with van der Waals surface area (Å²) in [4.78, 5) is 4.48. The number of hydrogen-bond acceptors (Lipinski definition) is 1. The van der Waals surface area contributed by atoms with Crippen molar-refractivity contribution < 1.29 is 0 Å². The second-order valence-electron chi connectivity index (χ2n) is 3.10. The van der Waals surface area contributed by atoms with Gasteiger partial charge in [-0.2, -0.15) is 0 Å². The fourth-order valence-corrected chi connectivity index (χ4v) is 1.13. The highest BCUT2D eigenvalue weighted by atomic mass is 14.8. The van der Waals surface area contributed by atoms with Crippen LogP contribution in [0.1, 0.15) is 27.7 Å². The van der Waals surface area contributed by atoms with E-state index in [1.54, 1.807) is 0 Å². The molecule has 0 atom stereocenters. The highest BCUT2D eigenvalue weighted by Gasteiger charge is 1.98. The van der Waals surface area contributed by atoms with Gasteiger partial charge in [0.05, 0.1) is 5.70 Å². The molecule has 0 N–H and O–H groups in total. The Morgan fingerprint density at radius 3 is 2.00 bits per heavy atom. The summed E-state index contributed by atoms with van der Waals surface area (Å²) in [6.45, 7) is 15.5. The van der Waals surface area contributed by atoms with Crippen molar-refractivity contribution in [3.05, 3.63) is 48.2 Å². The lowest BCUT2D eigenvalue weighted by Gasteiger charge is -2.04. The fourth-order valence-electron chi connectivity index (χ4n) is 1.13. The third kappa shape index (κ3) is 3.56. The van der Waals surface area contributed by atoms with E-state index in [9.17, 15) is 0 Å². The van der Waals surface area contributed by atoms with Gasteiger partial charge in [0.2, 0.25) is 0 Å². The van der Waals surface area contributed by atoms with E-state index in [0.29, 0.717) is 0 Å². The number of allylic oxidation sites excluding steroid dienone is 5. The molecule has 1 nitrogen and oxygen atoms in total. The summed E-state index contributed by atoms with van der Waals surface area (Å²) >= 11 is 0. The molecule has 0 radical (unpaired) electrons. The Morgan fingerprint density at radius 2 is 1.71 bits per heavy atom. The largest absolute Gasteiger partial charge is 0.253 e. The quantitative estimate of drug-likeness (QED) is 0.467. The van der Waals surface area contributed by atoms with Crippen molar-refractivity contribution in [2.75, 3.05) is 0 Å². The zero-order valence-corrected chi connectivity index (χ0v) is 9.59. The number of hydrogen-bond donors (Lipinski definition) is 0. The second kappa shape index (κ2) is 6.14. The Balaban J connectivity index is 5.00. The third-order valence-electron chi connectivity index (χ3n) is 1.95. The summed E-state index contributed by atoms with van der Waals surface area (Å²) in [5, 5.41) is 0. The van der Waals surface area contributed by atoms with E-state index in [4.69, 9.17) is 0 Å². The van der Waals surface area contributed by atoms with E-state index in [1.807, 2.05) is 45.9 Å². The van der Waals surface area contributed by atoms with Gasteiger partial charge < -0.3 is 0 Å². The topological polar surface area (TPSA) is 12.4 Å². The van der Waals surface area contributed by atoms with Crippen LogP contribution >= 0.6 is 0 Å². The lowest BCUT2D eigenvalue weighted by molar-refractivity contribution is 1.27. The minimum atomic E-state index is 0.934. The van der Waals surface area contributed by atoms with Crippen LogP contribution < -0.4 is 0 Å². The van der Waals surface area contributed by atoms with Crippen LogP contribution in [0.15, 0.2) is 53.2 Å². The predicted molar refractivity (Wildman–Crippen MR) is 65.6 cm³/mol. The van der Waals surface area contributed by atoms with Gasteiger partial charge in [0, 0.05) is 5.71 Å². The van der Waals surface area contributed by atoms with E-state index in [1.165, 1.54) is 0 Å². The normalized spacial score (nSPS) is 14.1. The maximum Gasteiger partial charge on any atom is 0.0613 e. The van der Waals surface area contributed by atoms with E-state index >= 15 is 0 Å². The van der Waals surface area contributed by atoms with Crippen LogP contribution in [0.2, 0.25) is 0 Å². The van der Waals surface area contributed by atoms with Crippen LogP contribution in [0.25, 0.3) is 0 Å². The van der Waals surface area contributed by atoms with Gasteiger partial charge in [0.1, 0.15) is 0 Å². The summed E-state index contributed by atoms with van der Waals surface area (Å²) < 4.78 is 0. The molecule has 0 bridgehead atoms. The summed E-state index contributed by atoms with van der Waals surface area (Å²) in [5.41, 5.74) is 3.94. The van der Waals surface area contributed by atoms with E-state index in [2.05, 4.69) is 18.2 Å². The minimum absolute atomic E-state index is 0.934. The molecule has 0 amide bonds. The minimum Gasteiger partial charge on any atom is -0.253 e. The van der Waals surface area contributed by atoms with Gasteiger partial charge in [-0.15, -0.1) is 0 Å². The lowest BCUT2D eigenvalue weighted by Crippen LogP contribution is -1.95. The highest BCUT2D eigenvalue weighted by molar-refractivity contribution is 6.01. The van der Waals surface area contributed by atoms with Crippen molar-refractivity contribution in [2.45, 2.75) is 27.7 Å². The maximum absolute atomic E-state index is 4.48. The fraction of sp³-hybridized carbons (Fsp3) is 0.308. The molecule has 0 spiro atoms. The Hall–Kier alpha value is -1.37. The van der Waals surface area contributed by atoms with E-state index in [-0.39, 0.29) is 0 Å². The Kier molecular flexibility index (Phi) is 5.54. The van der Waals surface area contributed by atoms with Crippen molar-refractivity contribution >= 4 is 5.71 Å². The van der Waals surface area contributed by atoms with Crippen molar-refractivity contribution in [2.24, 2.45) is 4.99 Å². The molecule has 1 heteroatoms. The molecule has 0 fully saturated rings. The van der Waals surface area contributed by atoms with Crippen molar-refractivity contribution in [3.63, 3.8) is 0 Å². The van der Waals surface area contributed by atoms with E-state index in [0.717, 1.165) is 22.6 Å². The zero-order chi connectivity index (χ0) is 11.1. The Bertz CT molecular complexity index is 314. The average Bonchev–Trinajstić information content (AvgIpc) is 2.15. The van der Waals surface area contributed by atoms with Gasteiger partial charge in [-0.05, 0) is 38.8 Å². The summed E-state index contributed by atoms with van der Waals surface area (Å²) in [6, 6.07) is 0. The van der Waals surface area contributed by atoms with Gasteiger partial charge in [0.15, 0.2) is 0 Å². The number of aliphatic imine (C=N–C) groups is 1. The van der Waals surface area contributed by atoms with Crippen LogP contribution in [-0.2, 0) is 0 Å². The summed E-state index contributed by atoms with van der Waals surface area (Å²) in [7, 11) is 0. The first-order valence-electron chi connectivity index (χ1n) is 4.73. The molecule has 0 aliphatic carbocycles. The molecular formula is C13H19N. The molecule has 0 rings (SSSR count). The number of rotatable bonds is 4. The Morgan fingerprint density at radius 1 is 1.14 bits per heavy atom. The molecule has 0 aliphatic rings. The molecule has 0 aromatic heterocycles. The average molecular weight is 189 g/mol. The number of nitrogens with zero attached hydrogens (tertiary/aromatic N) is 1. The van der Waals surface area contributed by atoms with Crippen molar-refractivity contribution in [3.8, 4) is 0 Å². The van der Waals surface area contributed by atoms with Crippen LogP contribution in [0.3, 0.4) is 0 Å². The van der Waals surface area contributed by atoms with Gasteiger partial charge in [-0.3, -0.25) is 4.99 Å². The summed E-state index contributed by atoms with van der Waals surface area (Å²) in [6.07, 6.45) is 5.77. The molecule has 0 aliphatic heterocycles. The third-order valence-corrected chi connectivity index (χ3v) is 1.95. The molecule has 0 saturated heterocycles. The molecule has 14 heavy (non-hydrogen) atoms. The predicted octanol–water partition coefficient (Wildman–Crippen LogP) is 4.06. The van der Waals surface area contributed by atoms with Gasteiger partial charge in [-0.1, -0.05) is 31.4 Å². The lowest BCUT2D eigenvalue weighted by atomic mass is 10.1. The molecule has 0 unspecified atom stereocenters. The molecular weight excluding hydrogens is 170 g/mol. The molecule has 0 aromatic rings. The SMILES string of the molecule is C=CC(=C\C)/C(C)=N/C(=C\C)C(=C)C. The first kappa shape index (κ1) is 12.6. The van der Waals surface area contributed by atoms with Crippen LogP contribution in [0.5, 0.6) is 0 Å². The second-order valence-corrected chi connectivity index (χ2v) is 3.10. The molecule has 0 heterocycles. The van der Waals surface area contributed by atoms with Crippen molar-refractivity contribution in [1.29, 1.82) is 0 Å². The summed E-state index contributed by atoms with van der Waals surface area (Å²) in [5.74, 6) is 0. The maximum atomic E-state index is 4.48. The smallest absolute Gasteiger partial charge is 0.0613 e. The van der Waals surface area contributed by atoms with Crippen LogP contribution in [-0.4, -0.2) is 5.71 Å². The van der Waals surface area contributed by atoms with Gasteiger partial charge >= 0.3 is 0 Å². The first-order chi connectivity index (χ1) is 6.56. The molecule has 0 aromatic carbocycles. The van der Waals surface area contributed by atoms with Gasteiger partial charge in [0.25, 0.3) is 0 Å². The Labute approximate surface area is 87.3 Å². The standard InChI is InChI=1S/C13H19N/c1-7-12(8-2)11(6)14-13(9-3)10(4)5/h7-9H,1,4H2,2-3,5-6H3/b12-8+,13-9-,14-11+. The van der Waals surface area contributed by atoms with Crippen LogP contribution in [0, 0.1) is 0 Å². The monoisotopic (exact) mass is 189 g/mol. The van der Waals surface area contributed by atoms with Crippen LogP contribution in [0.4, 0.5) is 0 Å². The highest BCUT2D eigenvalue weighted by Crippen LogP contribution is 2.11. The van der Waals surface area contributed by atoms with Crippen molar-refractivity contribution in [1.82, 2.24) is 0 Å². The molecule has 0 saturated carbocycles. The molecule has 76 valence electrons. The zero-order valence-electron chi connectivity index (χ0n) is 9.59.